The lowest BCUT2D eigenvalue weighted by atomic mass is 9.87. The van der Waals surface area contributed by atoms with Gasteiger partial charge in [-0.2, -0.15) is 0 Å². The quantitative estimate of drug-likeness (QED) is 0.716. The molecule has 0 saturated carbocycles. The molecule has 1 amide bonds. The van der Waals surface area contributed by atoms with E-state index in [2.05, 4.69) is 36.1 Å². The Labute approximate surface area is 167 Å². The van der Waals surface area contributed by atoms with Crippen LogP contribution in [0.25, 0.3) is 11.3 Å². The molecule has 1 N–H and O–H groups in total. The lowest BCUT2D eigenvalue weighted by molar-refractivity contribution is -0.125. The molecule has 0 aliphatic carbocycles. The second kappa shape index (κ2) is 7.24. The van der Waals surface area contributed by atoms with Gasteiger partial charge in [0.15, 0.2) is 16.6 Å². The third kappa shape index (κ3) is 3.84. The fraction of sp³-hybridized carbons (Fsp3) is 0.286. The number of fused-ring (bicyclic) bond motifs is 1. The fourth-order valence-corrected chi connectivity index (χ4v) is 3.56. The molecule has 0 bridgehead atoms. The Balaban J connectivity index is 1.44. The SMILES string of the molecule is CC(C)(C)c1ccc2c(c1)OCC(C(=O)Nc1nc(-c3ccncc3)cs1)O2. The Morgan fingerprint density at radius 2 is 1.96 bits per heavy atom. The minimum Gasteiger partial charge on any atom is -0.485 e. The molecule has 3 aromatic rings. The van der Waals surface area contributed by atoms with Crippen molar-refractivity contribution in [3.63, 3.8) is 0 Å². The van der Waals surface area contributed by atoms with Crippen molar-refractivity contribution in [3.8, 4) is 22.8 Å². The first-order valence-electron chi connectivity index (χ1n) is 9.01. The molecule has 1 unspecified atom stereocenters. The van der Waals surface area contributed by atoms with E-state index in [9.17, 15) is 4.79 Å². The van der Waals surface area contributed by atoms with Crippen LogP contribution in [0, 0.1) is 0 Å². The molecule has 7 heteroatoms. The number of hydrogen-bond donors (Lipinski definition) is 1. The lowest BCUT2D eigenvalue weighted by Crippen LogP contribution is -2.40. The Morgan fingerprint density at radius 1 is 1.18 bits per heavy atom. The number of nitrogens with zero attached hydrogens (tertiary/aromatic N) is 2. The molecule has 28 heavy (non-hydrogen) atoms. The summed E-state index contributed by atoms with van der Waals surface area (Å²) in [7, 11) is 0. The molecular weight excluding hydrogens is 374 g/mol. The third-order valence-electron chi connectivity index (χ3n) is 4.47. The van der Waals surface area contributed by atoms with Gasteiger partial charge in [-0.1, -0.05) is 26.8 Å². The first kappa shape index (κ1) is 18.4. The second-order valence-corrected chi connectivity index (χ2v) is 8.45. The number of anilines is 1. The largest absolute Gasteiger partial charge is 0.485 e. The van der Waals surface area contributed by atoms with Gasteiger partial charge < -0.3 is 9.47 Å². The van der Waals surface area contributed by atoms with E-state index in [0.29, 0.717) is 16.6 Å². The number of benzene rings is 1. The minimum atomic E-state index is -0.721. The van der Waals surface area contributed by atoms with Crippen LogP contribution in [0.1, 0.15) is 26.3 Å². The highest BCUT2D eigenvalue weighted by molar-refractivity contribution is 7.14. The number of pyridine rings is 1. The summed E-state index contributed by atoms with van der Waals surface area (Å²) >= 11 is 1.37. The van der Waals surface area contributed by atoms with Crippen LogP contribution < -0.4 is 14.8 Å². The van der Waals surface area contributed by atoms with Gasteiger partial charge in [0.25, 0.3) is 5.91 Å². The topological polar surface area (TPSA) is 73.3 Å². The molecule has 3 heterocycles. The van der Waals surface area contributed by atoms with E-state index < -0.39 is 6.10 Å². The summed E-state index contributed by atoms with van der Waals surface area (Å²) in [5.41, 5.74) is 2.92. The molecule has 0 saturated heterocycles. The molecule has 1 atom stereocenters. The number of hydrogen-bond acceptors (Lipinski definition) is 6. The van der Waals surface area contributed by atoms with Crippen molar-refractivity contribution in [2.75, 3.05) is 11.9 Å². The Morgan fingerprint density at radius 3 is 2.71 bits per heavy atom. The zero-order valence-corrected chi connectivity index (χ0v) is 16.7. The standard InChI is InChI=1S/C21H21N3O3S/c1-21(2,3)14-4-5-16-17(10-14)26-11-18(27-16)19(25)24-20-23-15(12-28-20)13-6-8-22-9-7-13/h4-10,12,18H,11H2,1-3H3,(H,23,24,25). The highest BCUT2D eigenvalue weighted by Crippen LogP contribution is 2.36. The zero-order valence-electron chi connectivity index (χ0n) is 15.9. The van der Waals surface area contributed by atoms with Crippen LogP contribution in [0.3, 0.4) is 0 Å². The molecule has 1 aliphatic rings. The molecule has 4 rings (SSSR count). The maximum absolute atomic E-state index is 12.6. The maximum Gasteiger partial charge on any atom is 0.270 e. The van der Waals surface area contributed by atoms with Crippen molar-refractivity contribution in [1.29, 1.82) is 0 Å². The highest BCUT2D eigenvalue weighted by Gasteiger charge is 2.29. The predicted molar refractivity (Wildman–Crippen MR) is 109 cm³/mol. The third-order valence-corrected chi connectivity index (χ3v) is 5.23. The van der Waals surface area contributed by atoms with Gasteiger partial charge in [0.2, 0.25) is 6.10 Å². The second-order valence-electron chi connectivity index (χ2n) is 7.59. The van der Waals surface area contributed by atoms with E-state index in [1.807, 2.05) is 35.7 Å². The number of carbonyl (C=O) groups is 1. The predicted octanol–water partition coefficient (Wildman–Crippen LogP) is 4.28. The molecular formula is C21H21N3O3S. The van der Waals surface area contributed by atoms with Crippen molar-refractivity contribution in [2.45, 2.75) is 32.3 Å². The molecule has 1 aliphatic heterocycles. The minimum absolute atomic E-state index is 0.0178. The summed E-state index contributed by atoms with van der Waals surface area (Å²) in [6.45, 7) is 6.59. The lowest BCUT2D eigenvalue weighted by Gasteiger charge is -2.27. The molecule has 144 valence electrons. The Bertz CT molecular complexity index is 996. The molecule has 0 fully saturated rings. The van der Waals surface area contributed by atoms with Gasteiger partial charge in [0, 0.05) is 23.3 Å². The average molecular weight is 395 g/mol. The van der Waals surface area contributed by atoms with E-state index in [4.69, 9.17) is 9.47 Å². The van der Waals surface area contributed by atoms with Crippen LogP contribution in [-0.4, -0.2) is 28.6 Å². The van der Waals surface area contributed by atoms with Crippen LogP contribution in [0.15, 0.2) is 48.1 Å². The molecule has 0 spiro atoms. The van der Waals surface area contributed by atoms with Crippen LogP contribution in [0.2, 0.25) is 0 Å². The number of nitrogens with one attached hydrogen (secondary N) is 1. The van der Waals surface area contributed by atoms with E-state index in [-0.39, 0.29) is 17.9 Å². The fourth-order valence-electron chi connectivity index (χ4n) is 2.84. The van der Waals surface area contributed by atoms with Gasteiger partial charge in [0.1, 0.15) is 6.61 Å². The normalized spacial score (nSPS) is 15.9. The van der Waals surface area contributed by atoms with E-state index in [0.717, 1.165) is 16.8 Å². The monoisotopic (exact) mass is 395 g/mol. The number of ether oxygens (including phenoxy) is 2. The smallest absolute Gasteiger partial charge is 0.270 e. The van der Waals surface area contributed by atoms with Crippen molar-refractivity contribution in [2.24, 2.45) is 0 Å². The van der Waals surface area contributed by atoms with E-state index in [1.165, 1.54) is 11.3 Å². The molecule has 0 radical (unpaired) electrons. The maximum atomic E-state index is 12.6. The van der Waals surface area contributed by atoms with E-state index >= 15 is 0 Å². The van der Waals surface area contributed by atoms with Crippen molar-refractivity contribution >= 4 is 22.4 Å². The number of amides is 1. The van der Waals surface area contributed by atoms with Gasteiger partial charge in [-0.25, -0.2) is 4.98 Å². The summed E-state index contributed by atoms with van der Waals surface area (Å²) < 4.78 is 11.7. The van der Waals surface area contributed by atoms with Gasteiger partial charge >= 0.3 is 0 Å². The average Bonchev–Trinajstić information content (AvgIpc) is 3.15. The molecule has 6 nitrogen and oxygen atoms in total. The van der Waals surface area contributed by atoms with Gasteiger partial charge in [0.05, 0.1) is 5.69 Å². The Hall–Kier alpha value is -2.93. The number of aromatic nitrogens is 2. The first-order chi connectivity index (χ1) is 13.4. The summed E-state index contributed by atoms with van der Waals surface area (Å²) in [6.07, 6.45) is 2.70. The number of rotatable bonds is 3. The van der Waals surface area contributed by atoms with Crippen LogP contribution in [0.5, 0.6) is 11.5 Å². The number of carbonyl (C=O) groups excluding carboxylic acids is 1. The Kier molecular flexibility index (Phi) is 4.77. The highest BCUT2D eigenvalue weighted by atomic mass is 32.1. The molecule has 1 aromatic carbocycles. The van der Waals surface area contributed by atoms with Crippen molar-refractivity contribution in [3.05, 3.63) is 53.7 Å². The van der Waals surface area contributed by atoms with E-state index in [1.54, 1.807) is 12.4 Å². The van der Waals surface area contributed by atoms with Crippen molar-refractivity contribution < 1.29 is 14.3 Å². The zero-order chi connectivity index (χ0) is 19.7. The molecule has 2 aromatic heterocycles. The van der Waals surface area contributed by atoms with Crippen molar-refractivity contribution in [1.82, 2.24) is 9.97 Å². The summed E-state index contributed by atoms with van der Waals surface area (Å²) in [4.78, 5) is 21.1. The summed E-state index contributed by atoms with van der Waals surface area (Å²) in [6, 6.07) is 9.60. The van der Waals surface area contributed by atoms with Gasteiger partial charge in [-0.15, -0.1) is 11.3 Å². The summed E-state index contributed by atoms with van der Waals surface area (Å²) in [5, 5.41) is 5.23. The van der Waals surface area contributed by atoms with Crippen LogP contribution >= 0.6 is 11.3 Å². The van der Waals surface area contributed by atoms with Gasteiger partial charge in [-0.05, 0) is 35.2 Å². The van der Waals surface area contributed by atoms with Crippen LogP contribution in [0.4, 0.5) is 5.13 Å². The summed E-state index contributed by atoms with van der Waals surface area (Å²) in [5.74, 6) is 0.975. The first-order valence-corrected chi connectivity index (χ1v) is 9.89. The van der Waals surface area contributed by atoms with Gasteiger partial charge in [-0.3, -0.25) is 15.1 Å². The van der Waals surface area contributed by atoms with Crippen LogP contribution in [-0.2, 0) is 10.2 Å². The number of thiazole rings is 1.